The molecule has 0 aliphatic carbocycles. The summed E-state index contributed by atoms with van der Waals surface area (Å²) in [6.45, 7) is 0. The normalized spacial score (nSPS) is 10.5. The summed E-state index contributed by atoms with van der Waals surface area (Å²) in [6, 6.07) is 19.7. The smallest absolute Gasteiger partial charge is 0.335 e. The first-order chi connectivity index (χ1) is 12.1. The predicted octanol–water partition coefficient (Wildman–Crippen LogP) is 4.96. The van der Waals surface area contributed by atoms with Crippen LogP contribution in [0.1, 0.15) is 10.4 Å². The van der Waals surface area contributed by atoms with Gasteiger partial charge in [-0.3, -0.25) is 0 Å². The van der Waals surface area contributed by atoms with Crippen LogP contribution in [0.2, 0.25) is 0 Å². The van der Waals surface area contributed by atoms with Gasteiger partial charge in [-0.1, -0.05) is 36.4 Å². The maximum absolute atomic E-state index is 11.0. The number of carboxylic acids is 1. The van der Waals surface area contributed by atoms with Crippen LogP contribution in [0.25, 0.3) is 21.8 Å². The molecule has 3 aromatic carbocycles. The van der Waals surface area contributed by atoms with Gasteiger partial charge in [0.15, 0.2) is 0 Å². The van der Waals surface area contributed by atoms with Crippen molar-refractivity contribution in [2.45, 2.75) is 0 Å². The van der Waals surface area contributed by atoms with Gasteiger partial charge in [0.1, 0.15) is 5.75 Å². The fraction of sp³-hybridized carbons (Fsp3) is 0. The number of hydrogen-bond acceptors (Lipinski definition) is 4. The third-order valence-electron chi connectivity index (χ3n) is 4.09. The summed E-state index contributed by atoms with van der Waals surface area (Å²) in [5.41, 5.74) is 2.97. The Hall–Kier alpha value is -3.31. The molecule has 0 fully saturated rings. The minimum atomic E-state index is -1.08. The first-order valence-corrected chi connectivity index (χ1v) is 7.74. The van der Waals surface area contributed by atoms with Crippen molar-refractivity contribution in [3.05, 3.63) is 72.3 Å². The van der Waals surface area contributed by atoms with Gasteiger partial charge in [-0.25, -0.2) is 9.78 Å². The number of nitrogens with one attached hydrogen (secondary N) is 1. The molecule has 0 amide bonds. The van der Waals surface area contributed by atoms with Crippen LogP contribution < -0.4 is 5.32 Å². The Bertz CT molecular complexity index is 1070. The third-order valence-corrected chi connectivity index (χ3v) is 4.09. The highest BCUT2D eigenvalue weighted by Gasteiger charge is 2.12. The molecule has 0 saturated heterocycles. The molecule has 3 N–H and O–H groups in total. The number of aromatic hydroxyl groups is 1. The van der Waals surface area contributed by atoms with Crippen molar-refractivity contribution < 1.29 is 15.0 Å². The summed E-state index contributed by atoms with van der Waals surface area (Å²) in [4.78, 5) is 15.7. The molecule has 0 bridgehead atoms. The average Bonchev–Trinajstić information content (AvgIpc) is 2.62. The van der Waals surface area contributed by atoms with E-state index >= 15 is 0 Å². The van der Waals surface area contributed by atoms with Gasteiger partial charge < -0.3 is 15.5 Å². The van der Waals surface area contributed by atoms with E-state index in [-0.39, 0.29) is 23.7 Å². The maximum Gasteiger partial charge on any atom is 0.335 e. The molecule has 0 atom stereocenters. The minimum absolute atomic E-state index is 0. The zero-order chi connectivity index (χ0) is 17.4. The standard InChI is InChI=1S/C20H14N2O3.ClH/c23-18-11-12(20(24)25)9-10-17(18)22-19-13-5-1-3-7-15(13)21-16-8-4-2-6-14(16)19;/h1-11,23H,(H,21,22)(H,24,25);1H. The number of carbonyl (C=O) groups is 1. The van der Waals surface area contributed by atoms with Crippen LogP contribution in [-0.2, 0) is 0 Å². The second-order valence-electron chi connectivity index (χ2n) is 5.68. The summed E-state index contributed by atoms with van der Waals surface area (Å²) in [5.74, 6) is -1.20. The third kappa shape index (κ3) is 3.00. The zero-order valence-corrected chi connectivity index (χ0v) is 14.3. The van der Waals surface area contributed by atoms with Gasteiger partial charge in [-0.05, 0) is 30.3 Å². The number of fused-ring (bicyclic) bond motifs is 2. The molecule has 5 nitrogen and oxygen atoms in total. The molecule has 0 spiro atoms. The van der Waals surface area contributed by atoms with Crippen LogP contribution in [0.15, 0.2) is 66.7 Å². The molecule has 0 radical (unpaired) electrons. The van der Waals surface area contributed by atoms with Gasteiger partial charge in [0, 0.05) is 10.8 Å². The highest BCUT2D eigenvalue weighted by atomic mass is 35.5. The van der Waals surface area contributed by atoms with Crippen molar-refractivity contribution in [2.75, 3.05) is 5.32 Å². The van der Waals surface area contributed by atoms with Crippen molar-refractivity contribution in [3.63, 3.8) is 0 Å². The highest BCUT2D eigenvalue weighted by molar-refractivity contribution is 6.08. The van der Waals surface area contributed by atoms with E-state index in [4.69, 9.17) is 5.11 Å². The number of pyridine rings is 1. The molecular weight excluding hydrogens is 352 g/mol. The van der Waals surface area contributed by atoms with Crippen molar-refractivity contribution in [1.29, 1.82) is 0 Å². The molecule has 130 valence electrons. The summed E-state index contributed by atoms with van der Waals surface area (Å²) < 4.78 is 0. The molecule has 0 unspecified atom stereocenters. The lowest BCUT2D eigenvalue weighted by molar-refractivity contribution is 0.0696. The minimum Gasteiger partial charge on any atom is -0.506 e. The maximum atomic E-state index is 11.0. The van der Waals surface area contributed by atoms with Crippen molar-refractivity contribution >= 4 is 51.6 Å². The van der Waals surface area contributed by atoms with E-state index in [0.29, 0.717) is 5.69 Å². The molecule has 1 heterocycles. The van der Waals surface area contributed by atoms with E-state index in [2.05, 4.69) is 10.3 Å². The van der Waals surface area contributed by atoms with Crippen LogP contribution >= 0.6 is 12.4 Å². The van der Waals surface area contributed by atoms with Crippen LogP contribution in [0, 0.1) is 0 Å². The molecule has 6 heteroatoms. The van der Waals surface area contributed by atoms with E-state index < -0.39 is 5.97 Å². The Balaban J connectivity index is 0.00000196. The fourth-order valence-electron chi connectivity index (χ4n) is 2.88. The van der Waals surface area contributed by atoms with E-state index in [0.717, 1.165) is 27.5 Å². The number of aromatic nitrogens is 1. The van der Waals surface area contributed by atoms with Crippen LogP contribution in [0.4, 0.5) is 11.4 Å². The van der Waals surface area contributed by atoms with E-state index in [1.807, 2.05) is 48.5 Å². The van der Waals surface area contributed by atoms with Crippen LogP contribution in [0.3, 0.4) is 0 Å². The number of phenolic OH excluding ortho intramolecular Hbond substituents is 1. The van der Waals surface area contributed by atoms with Gasteiger partial charge in [0.05, 0.1) is 28.0 Å². The molecule has 26 heavy (non-hydrogen) atoms. The number of para-hydroxylation sites is 2. The Morgan fingerprint density at radius 2 is 1.46 bits per heavy atom. The van der Waals surface area contributed by atoms with Crippen molar-refractivity contribution in [3.8, 4) is 5.75 Å². The number of anilines is 2. The lowest BCUT2D eigenvalue weighted by Crippen LogP contribution is -1.99. The van der Waals surface area contributed by atoms with Crippen LogP contribution in [0.5, 0.6) is 5.75 Å². The number of nitrogens with zero attached hydrogens (tertiary/aromatic N) is 1. The van der Waals surface area contributed by atoms with Gasteiger partial charge >= 0.3 is 5.97 Å². The topological polar surface area (TPSA) is 82.5 Å². The Morgan fingerprint density at radius 3 is 2.00 bits per heavy atom. The average molecular weight is 367 g/mol. The number of aromatic carboxylic acids is 1. The molecule has 1 aromatic heterocycles. The predicted molar refractivity (Wildman–Crippen MR) is 105 cm³/mol. The highest BCUT2D eigenvalue weighted by Crippen LogP contribution is 2.35. The van der Waals surface area contributed by atoms with E-state index in [9.17, 15) is 9.90 Å². The van der Waals surface area contributed by atoms with Gasteiger partial charge in [-0.15, -0.1) is 12.4 Å². The Kier molecular flexibility index (Phi) is 4.65. The lowest BCUT2D eigenvalue weighted by atomic mass is 10.1. The number of hydrogen-bond donors (Lipinski definition) is 3. The van der Waals surface area contributed by atoms with Crippen molar-refractivity contribution in [2.24, 2.45) is 0 Å². The first-order valence-electron chi connectivity index (χ1n) is 7.74. The quantitative estimate of drug-likeness (QED) is 0.352. The Morgan fingerprint density at radius 1 is 0.885 bits per heavy atom. The first kappa shape index (κ1) is 17.5. The van der Waals surface area contributed by atoms with Gasteiger partial charge in [0.25, 0.3) is 0 Å². The number of benzene rings is 3. The molecule has 4 aromatic rings. The van der Waals surface area contributed by atoms with E-state index in [1.54, 1.807) is 6.07 Å². The second-order valence-corrected chi connectivity index (χ2v) is 5.68. The number of rotatable bonds is 3. The summed E-state index contributed by atoms with van der Waals surface area (Å²) in [5, 5.41) is 24.3. The fourth-order valence-corrected chi connectivity index (χ4v) is 2.88. The molecule has 0 aliphatic rings. The van der Waals surface area contributed by atoms with Crippen molar-refractivity contribution in [1.82, 2.24) is 4.98 Å². The monoisotopic (exact) mass is 366 g/mol. The largest absolute Gasteiger partial charge is 0.506 e. The number of carboxylic acid groups (broad SMARTS) is 1. The number of phenols is 1. The zero-order valence-electron chi connectivity index (χ0n) is 13.5. The second kappa shape index (κ2) is 6.90. The van der Waals surface area contributed by atoms with Gasteiger partial charge in [-0.2, -0.15) is 0 Å². The van der Waals surface area contributed by atoms with E-state index in [1.165, 1.54) is 12.1 Å². The molecular formula is C20H15ClN2O3. The summed E-state index contributed by atoms with van der Waals surface area (Å²) in [7, 11) is 0. The summed E-state index contributed by atoms with van der Waals surface area (Å²) >= 11 is 0. The molecule has 0 saturated carbocycles. The Labute approximate surface area is 155 Å². The van der Waals surface area contributed by atoms with Crippen LogP contribution in [-0.4, -0.2) is 21.2 Å². The number of halogens is 1. The SMILES string of the molecule is Cl.O=C(O)c1ccc(Nc2c3ccccc3nc3ccccc23)c(O)c1. The summed E-state index contributed by atoms with van der Waals surface area (Å²) in [6.07, 6.45) is 0. The van der Waals surface area contributed by atoms with Gasteiger partial charge in [0.2, 0.25) is 0 Å². The molecule has 4 rings (SSSR count). The molecule has 0 aliphatic heterocycles. The lowest BCUT2D eigenvalue weighted by Gasteiger charge is -2.14.